The second-order valence-electron chi connectivity index (χ2n) is 7.33. The molecule has 8 heteroatoms. The minimum absolute atomic E-state index is 0.158. The van der Waals surface area contributed by atoms with E-state index >= 15 is 0 Å². The van der Waals surface area contributed by atoms with Crippen LogP contribution in [0.1, 0.15) is 19.3 Å². The highest BCUT2D eigenvalue weighted by atomic mass is 16.7. The van der Waals surface area contributed by atoms with Gasteiger partial charge in [0.15, 0.2) is 5.79 Å². The van der Waals surface area contributed by atoms with Gasteiger partial charge in [-0.05, 0) is 12.1 Å². The number of carbonyl (C=O) groups is 2. The average Bonchev–Trinajstić information content (AvgIpc) is 3.17. The predicted molar refractivity (Wildman–Crippen MR) is 103 cm³/mol. The van der Waals surface area contributed by atoms with E-state index in [-0.39, 0.29) is 18.2 Å². The fourth-order valence-corrected chi connectivity index (χ4v) is 3.99. The van der Waals surface area contributed by atoms with Crippen LogP contribution in [0, 0.1) is 0 Å². The molecule has 1 spiro atoms. The Labute approximate surface area is 164 Å². The molecule has 0 saturated carbocycles. The topological polar surface area (TPSA) is 80.3 Å². The van der Waals surface area contributed by atoms with Crippen LogP contribution in [-0.2, 0) is 23.8 Å². The third kappa shape index (κ3) is 4.29. The maximum Gasteiger partial charge on any atom is 0.233 e. The van der Waals surface area contributed by atoms with E-state index in [0.717, 1.165) is 24.5 Å². The molecule has 1 aromatic rings. The number of benzene rings is 1. The largest absolute Gasteiger partial charge is 0.378 e. The number of amides is 2. The summed E-state index contributed by atoms with van der Waals surface area (Å²) in [5.74, 6) is -0.968. The molecule has 3 aliphatic rings. The van der Waals surface area contributed by atoms with Crippen molar-refractivity contribution in [3.05, 3.63) is 24.3 Å². The lowest BCUT2D eigenvalue weighted by Gasteiger charge is -2.37. The highest BCUT2D eigenvalue weighted by molar-refractivity contribution is 6.05. The van der Waals surface area contributed by atoms with Gasteiger partial charge in [-0.3, -0.25) is 9.59 Å². The molecule has 0 unspecified atom stereocenters. The van der Waals surface area contributed by atoms with Gasteiger partial charge in [-0.2, -0.15) is 0 Å². The van der Waals surface area contributed by atoms with Crippen molar-refractivity contribution in [2.75, 3.05) is 62.8 Å². The van der Waals surface area contributed by atoms with E-state index in [0.29, 0.717) is 52.4 Å². The summed E-state index contributed by atoms with van der Waals surface area (Å²) in [7, 11) is 0. The van der Waals surface area contributed by atoms with E-state index < -0.39 is 5.79 Å². The molecule has 152 valence electrons. The number of carbonyl (C=O) groups excluding carboxylic acids is 2. The summed E-state index contributed by atoms with van der Waals surface area (Å²) >= 11 is 0. The average molecular weight is 389 g/mol. The number of rotatable bonds is 4. The standard InChI is InChI=1S/C20H27N3O5/c24-18(15-19(25)23-7-5-20(6-8-23)27-13-14-28-20)21-16-3-1-2-4-17(16)22-9-11-26-12-10-22/h1-4H,5-15H2,(H,21,24). The van der Waals surface area contributed by atoms with Gasteiger partial charge in [-0.25, -0.2) is 0 Å². The monoisotopic (exact) mass is 389 g/mol. The van der Waals surface area contributed by atoms with Gasteiger partial charge in [0.05, 0.1) is 37.8 Å². The Hall–Kier alpha value is -2.16. The van der Waals surface area contributed by atoms with Crippen molar-refractivity contribution >= 4 is 23.2 Å². The highest BCUT2D eigenvalue weighted by Gasteiger charge is 2.40. The number of nitrogens with zero attached hydrogens (tertiary/aromatic N) is 2. The molecule has 0 bridgehead atoms. The Bertz CT molecular complexity index is 704. The molecule has 4 rings (SSSR count). The van der Waals surface area contributed by atoms with Crippen LogP contribution in [0.3, 0.4) is 0 Å². The normalized spacial score (nSPS) is 21.7. The lowest BCUT2D eigenvalue weighted by atomic mass is 10.0. The maximum atomic E-state index is 12.5. The van der Waals surface area contributed by atoms with Crippen LogP contribution in [0.15, 0.2) is 24.3 Å². The number of nitrogens with one attached hydrogen (secondary N) is 1. The molecule has 0 radical (unpaired) electrons. The van der Waals surface area contributed by atoms with Crippen molar-refractivity contribution in [3.63, 3.8) is 0 Å². The Balaban J connectivity index is 1.31. The number of hydrogen-bond donors (Lipinski definition) is 1. The van der Waals surface area contributed by atoms with Gasteiger partial charge in [0.2, 0.25) is 11.8 Å². The van der Waals surface area contributed by atoms with Crippen molar-refractivity contribution < 1.29 is 23.8 Å². The summed E-state index contributed by atoms with van der Waals surface area (Å²) in [6, 6.07) is 7.68. The van der Waals surface area contributed by atoms with E-state index in [4.69, 9.17) is 14.2 Å². The van der Waals surface area contributed by atoms with Gasteiger partial charge < -0.3 is 29.3 Å². The molecule has 3 fully saturated rings. The maximum absolute atomic E-state index is 12.5. The zero-order valence-electron chi connectivity index (χ0n) is 16.0. The second kappa shape index (κ2) is 8.46. The van der Waals surface area contributed by atoms with Crippen LogP contribution < -0.4 is 10.2 Å². The Morgan fingerprint density at radius 3 is 2.36 bits per heavy atom. The van der Waals surface area contributed by atoms with Crippen molar-refractivity contribution in [3.8, 4) is 0 Å². The minimum atomic E-state index is -0.518. The number of piperidine rings is 1. The molecule has 0 aromatic heterocycles. The van der Waals surface area contributed by atoms with Crippen LogP contribution in [0.2, 0.25) is 0 Å². The Morgan fingerprint density at radius 1 is 0.964 bits per heavy atom. The Kier molecular flexibility index (Phi) is 5.79. The molecule has 3 saturated heterocycles. The van der Waals surface area contributed by atoms with E-state index in [1.807, 2.05) is 24.3 Å². The molecular formula is C20H27N3O5. The van der Waals surface area contributed by atoms with Gasteiger partial charge in [-0.15, -0.1) is 0 Å². The molecule has 0 atom stereocenters. The quantitative estimate of drug-likeness (QED) is 0.780. The smallest absolute Gasteiger partial charge is 0.233 e. The number of ether oxygens (including phenoxy) is 3. The highest BCUT2D eigenvalue weighted by Crippen LogP contribution is 2.31. The van der Waals surface area contributed by atoms with Crippen molar-refractivity contribution in [2.45, 2.75) is 25.0 Å². The first-order chi connectivity index (χ1) is 13.7. The number of morpholine rings is 1. The molecular weight excluding hydrogens is 362 g/mol. The number of para-hydroxylation sites is 2. The first-order valence-electron chi connectivity index (χ1n) is 9.92. The van der Waals surface area contributed by atoms with Crippen LogP contribution in [0.5, 0.6) is 0 Å². The van der Waals surface area contributed by atoms with Gasteiger partial charge >= 0.3 is 0 Å². The molecule has 2 amide bonds. The summed E-state index contributed by atoms with van der Waals surface area (Å²) in [5.41, 5.74) is 1.69. The van der Waals surface area contributed by atoms with E-state index in [2.05, 4.69) is 10.2 Å². The number of anilines is 2. The zero-order chi connectivity index (χ0) is 19.4. The number of hydrogen-bond acceptors (Lipinski definition) is 6. The van der Waals surface area contributed by atoms with Gasteiger partial charge in [0, 0.05) is 39.0 Å². The van der Waals surface area contributed by atoms with Crippen molar-refractivity contribution in [1.82, 2.24) is 4.90 Å². The lowest BCUT2D eigenvalue weighted by molar-refractivity contribution is -0.187. The summed E-state index contributed by atoms with van der Waals surface area (Å²) < 4.78 is 16.8. The summed E-state index contributed by atoms with van der Waals surface area (Å²) in [4.78, 5) is 29.0. The summed E-state index contributed by atoms with van der Waals surface area (Å²) in [6.45, 7) is 5.23. The predicted octanol–water partition coefficient (Wildman–Crippen LogP) is 1.22. The molecule has 0 aliphatic carbocycles. The van der Waals surface area contributed by atoms with Crippen molar-refractivity contribution in [1.29, 1.82) is 0 Å². The van der Waals surface area contributed by atoms with Crippen LogP contribution in [0.25, 0.3) is 0 Å². The zero-order valence-corrected chi connectivity index (χ0v) is 16.0. The lowest BCUT2D eigenvalue weighted by Crippen LogP contribution is -2.47. The molecule has 3 aliphatic heterocycles. The first-order valence-corrected chi connectivity index (χ1v) is 9.92. The van der Waals surface area contributed by atoms with E-state index in [9.17, 15) is 9.59 Å². The van der Waals surface area contributed by atoms with E-state index in [1.54, 1.807) is 4.90 Å². The molecule has 28 heavy (non-hydrogen) atoms. The summed E-state index contributed by atoms with van der Waals surface area (Å²) in [5, 5.41) is 2.91. The van der Waals surface area contributed by atoms with Gasteiger partial charge in [0.25, 0.3) is 0 Å². The molecule has 1 N–H and O–H groups in total. The van der Waals surface area contributed by atoms with Gasteiger partial charge in [-0.1, -0.05) is 12.1 Å². The third-order valence-corrected chi connectivity index (χ3v) is 5.53. The SMILES string of the molecule is O=C(CC(=O)N1CCC2(CC1)OCCO2)Nc1ccccc1N1CCOCC1. The minimum Gasteiger partial charge on any atom is -0.378 e. The molecule has 3 heterocycles. The fraction of sp³-hybridized carbons (Fsp3) is 0.600. The summed E-state index contributed by atoms with van der Waals surface area (Å²) in [6.07, 6.45) is 1.15. The fourth-order valence-electron chi connectivity index (χ4n) is 3.99. The van der Waals surface area contributed by atoms with Crippen LogP contribution >= 0.6 is 0 Å². The van der Waals surface area contributed by atoms with Crippen LogP contribution in [0.4, 0.5) is 11.4 Å². The molecule has 1 aromatic carbocycles. The first kappa shape index (κ1) is 19.2. The van der Waals surface area contributed by atoms with Gasteiger partial charge in [0.1, 0.15) is 6.42 Å². The van der Waals surface area contributed by atoms with Crippen molar-refractivity contribution in [2.24, 2.45) is 0 Å². The molecule has 8 nitrogen and oxygen atoms in total. The second-order valence-corrected chi connectivity index (χ2v) is 7.33. The Morgan fingerprint density at radius 2 is 1.64 bits per heavy atom. The third-order valence-electron chi connectivity index (χ3n) is 5.53. The van der Waals surface area contributed by atoms with E-state index in [1.165, 1.54) is 0 Å². The van der Waals surface area contributed by atoms with Crippen LogP contribution in [-0.4, -0.2) is 75.1 Å². The number of likely N-dealkylation sites (tertiary alicyclic amines) is 1.